The summed E-state index contributed by atoms with van der Waals surface area (Å²) in [6, 6.07) is 9.36. The number of hydrogen-bond donors (Lipinski definition) is 0. The third kappa shape index (κ3) is 3.82. The number of hydrogen-bond acceptors (Lipinski definition) is 4. The molecule has 1 aromatic heterocycles. The Balaban J connectivity index is 1.82. The highest BCUT2D eigenvalue weighted by Crippen LogP contribution is 2.33. The highest BCUT2D eigenvalue weighted by molar-refractivity contribution is 7.89. The molecule has 1 heterocycles. The van der Waals surface area contributed by atoms with Crippen LogP contribution in [0.25, 0.3) is 0 Å². The molecule has 0 bridgehead atoms. The molecular weight excluding hydrogens is 342 g/mol. The second-order valence-electron chi connectivity index (χ2n) is 6.04. The van der Waals surface area contributed by atoms with Crippen molar-refractivity contribution in [2.24, 2.45) is 0 Å². The van der Waals surface area contributed by atoms with Crippen LogP contribution in [0.5, 0.6) is 5.75 Å². The Hall–Kier alpha value is -1.37. The Morgan fingerprint density at radius 1 is 1.29 bits per heavy atom. The summed E-state index contributed by atoms with van der Waals surface area (Å²) in [7, 11) is -3.46. The van der Waals surface area contributed by atoms with Gasteiger partial charge in [0.1, 0.15) is 5.75 Å². The summed E-state index contributed by atoms with van der Waals surface area (Å²) < 4.78 is 33.4. The maximum Gasteiger partial charge on any atom is 0.243 e. The largest absolute Gasteiger partial charge is 0.494 e. The highest BCUT2D eigenvalue weighted by atomic mass is 32.2. The van der Waals surface area contributed by atoms with Gasteiger partial charge in [-0.3, -0.25) is 0 Å². The number of thiophene rings is 1. The summed E-state index contributed by atoms with van der Waals surface area (Å²) in [6.07, 6.45) is 2.68. The highest BCUT2D eigenvalue weighted by Gasteiger charge is 2.37. The molecule has 4 nitrogen and oxygen atoms in total. The lowest BCUT2D eigenvalue weighted by Gasteiger charge is -2.22. The van der Waals surface area contributed by atoms with Crippen molar-refractivity contribution < 1.29 is 13.2 Å². The zero-order chi connectivity index (χ0) is 17.2. The van der Waals surface area contributed by atoms with Gasteiger partial charge >= 0.3 is 0 Å². The minimum absolute atomic E-state index is 0.154. The van der Waals surface area contributed by atoms with Gasteiger partial charge in [-0.15, -0.1) is 11.3 Å². The van der Waals surface area contributed by atoms with Gasteiger partial charge in [0.25, 0.3) is 0 Å². The molecule has 24 heavy (non-hydrogen) atoms. The normalized spacial score (nSPS) is 15.0. The quantitative estimate of drug-likeness (QED) is 0.714. The van der Waals surface area contributed by atoms with Crippen molar-refractivity contribution in [2.75, 3.05) is 13.2 Å². The number of aryl methyl sites for hydroxylation is 1. The first-order valence-electron chi connectivity index (χ1n) is 8.30. The fraction of sp³-hybridized carbons (Fsp3) is 0.444. The second kappa shape index (κ2) is 7.25. The molecule has 0 unspecified atom stereocenters. The smallest absolute Gasteiger partial charge is 0.243 e. The number of ether oxygens (including phenoxy) is 1. The molecule has 0 radical (unpaired) electrons. The van der Waals surface area contributed by atoms with E-state index in [9.17, 15) is 8.42 Å². The van der Waals surface area contributed by atoms with E-state index in [0.29, 0.717) is 18.0 Å². The summed E-state index contributed by atoms with van der Waals surface area (Å²) >= 11 is 1.68. The first kappa shape index (κ1) is 17.5. The Labute approximate surface area is 148 Å². The molecule has 130 valence electrons. The van der Waals surface area contributed by atoms with Crippen molar-refractivity contribution >= 4 is 21.4 Å². The number of nitrogens with zero attached hydrogens (tertiary/aromatic N) is 1. The van der Waals surface area contributed by atoms with Crippen LogP contribution in [0.4, 0.5) is 0 Å². The maximum atomic E-state index is 13.1. The van der Waals surface area contributed by atoms with Crippen LogP contribution in [0.1, 0.15) is 30.2 Å². The predicted octanol–water partition coefficient (Wildman–Crippen LogP) is 3.85. The van der Waals surface area contributed by atoms with Crippen LogP contribution in [0, 0.1) is 6.92 Å². The van der Waals surface area contributed by atoms with Crippen LogP contribution in [0.2, 0.25) is 0 Å². The van der Waals surface area contributed by atoms with Crippen molar-refractivity contribution in [1.29, 1.82) is 0 Å². The average molecular weight is 366 g/mol. The number of rotatable bonds is 8. The van der Waals surface area contributed by atoms with E-state index in [1.807, 2.05) is 25.3 Å². The average Bonchev–Trinajstić information content (AvgIpc) is 3.24. The fourth-order valence-corrected chi connectivity index (χ4v) is 5.24. The molecule has 0 N–H and O–H groups in total. The van der Waals surface area contributed by atoms with Gasteiger partial charge in [-0.25, -0.2) is 8.42 Å². The molecule has 1 fully saturated rings. The molecule has 0 aliphatic heterocycles. The van der Waals surface area contributed by atoms with Gasteiger partial charge in [0.15, 0.2) is 0 Å². The lowest BCUT2D eigenvalue weighted by atomic mass is 10.2. The summed E-state index contributed by atoms with van der Waals surface area (Å²) in [6.45, 7) is 4.92. The predicted molar refractivity (Wildman–Crippen MR) is 97.3 cm³/mol. The molecule has 1 saturated carbocycles. The lowest BCUT2D eigenvalue weighted by molar-refractivity contribution is 0.337. The molecule has 6 heteroatoms. The molecule has 0 amide bonds. The van der Waals surface area contributed by atoms with Crippen LogP contribution < -0.4 is 4.74 Å². The van der Waals surface area contributed by atoms with E-state index in [0.717, 1.165) is 30.6 Å². The molecule has 0 saturated heterocycles. The first-order chi connectivity index (χ1) is 11.5. The van der Waals surface area contributed by atoms with E-state index in [1.54, 1.807) is 33.8 Å². The van der Waals surface area contributed by atoms with E-state index in [4.69, 9.17) is 4.74 Å². The van der Waals surface area contributed by atoms with Crippen molar-refractivity contribution in [1.82, 2.24) is 4.31 Å². The monoisotopic (exact) mass is 365 g/mol. The Morgan fingerprint density at radius 2 is 2.08 bits per heavy atom. The van der Waals surface area contributed by atoms with Gasteiger partial charge in [-0.2, -0.15) is 4.31 Å². The van der Waals surface area contributed by atoms with E-state index < -0.39 is 10.0 Å². The van der Waals surface area contributed by atoms with E-state index in [2.05, 4.69) is 6.07 Å². The summed E-state index contributed by atoms with van der Waals surface area (Å²) in [5, 5.41) is 2.03. The molecule has 2 aromatic rings. The lowest BCUT2D eigenvalue weighted by Crippen LogP contribution is -2.34. The van der Waals surface area contributed by atoms with Gasteiger partial charge in [0, 0.05) is 17.5 Å². The number of sulfonamides is 1. The molecular formula is C18H23NO3S2. The fourth-order valence-electron chi connectivity index (χ4n) is 2.77. The van der Waals surface area contributed by atoms with Crippen LogP contribution in [0.15, 0.2) is 40.6 Å². The van der Waals surface area contributed by atoms with Gasteiger partial charge < -0.3 is 4.74 Å². The van der Waals surface area contributed by atoms with Crippen LogP contribution >= 0.6 is 11.3 Å². The van der Waals surface area contributed by atoms with Crippen LogP contribution in [0.3, 0.4) is 0 Å². The molecule has 1 aromatic carbocycles. The van der Waals surface area contributed by atoms with Crippen molar-refractivity contribution in [3.63, 3.8) is 0 Å². The third-order valence-electron chi connectivity index (χ3n) is 4.17. The molecule has 0 atom stereocenters. The zero-order valence-electron chi connectivity index (χ0n) is 14.1. The van der Waals surface area contributed by atoms with Crippen molar-refractivity contribution in [2.45, 2.75) is 44.0 Å². The second-order valence-corrected chi connectivity index (χ2v) is 8.96. The van der Waals surface area contributed by atoms with Crippen molar-refractivity contribution in [3.8, 4) is 5.75 Å². The van der Waals surface area contributed by atoms with Gasteiger partial charge in [-0.05, 0) is 68.3 Å². The minimum atomic E-state index is -3.46. The van der Waals surface area contributed by atoms with Gasteiger partial charge in [0.05, 0.1) is 11.5 Å². The molecule has 0 spiro atoms. The van der Waals surface area contributed by atoms with Crippen LogP contribution in [-0.4, -0.2) is 31.9 Å². The summed E-state index contributed by atoms with van der Waals surface area (Å²) in [5.74, 6) is 0.744. The van der Waals surface area contributed by atoms with E-state index in [-0.39, 0.29) is 6.04 Å². The SMILES string of the molecule is CCOc1ccc(S(=O)(=O)N(CCc2cccs2)C2CC2)cc1C. The number of benzene rings is 1. The summed E-state index contributed by atoms with van der Waals surface area (Å²) in [5.41, 5.74) is 0.854. The van der Waals surface area contributed by atoms with Gasteiger partial charge in [0.2, 0.25) is 10.0 Å². The molecule has 1 aliphatic carbocycles. The van der Waals surface area contributed by atoms with Crippen LogP contribution in [-0.2, 0) is 16.4 Å². The minimum Gasteiger partial charge on any atom is -0.494 e. The topological polar surface area (TPSA) is 46.6 Å². The van der Waals surface area contributed by atoms with E-state index >= 15 is 0 Å². The first-order valence-corrected chi connectivity index (χ1v) is 10.6. The Kier molecular flexibility index (Phi) is 5.27. The van der Waals surface area contributed by atoms with Gasteiger partial charge in [-0.1, -0.05) is 6.07 Å². The maximum absolute atomic E-state index is 13.1. The summed E-state index contributed by atoms with van der Waals surface area (Å²) in [4.78, 5) is 1.58. The molecule has 1 aliphatic rings. The third-order valence-corrected chi connectivity index (χ3v) is 7.05. The standard InChI is InChI=1S/C18H23NO3S2/c1-3-22-18-9-8-17(13-14(18)2)24(20,21)19(15-6-7-15)11-10-16-5-4-12-23-16/h4-5,8-9,12-13,15H,3,6-7,10-11H2,1-2H3. The molecule has 3 rings (SSSR count). The van der Waals surface area contributed by atoms with Crippen molar-refractivity contribution in [3.05, 3.63) is 46.2 Å². The zero-order valence-corrected chi connectivity index (χ0v) is 15.7. The van der Waals surface area contributed by atoms with E-state index in [1.165, 1.54) is 4.88 Å². The Morgan fingerprint density at radius 3 is 2.67 bits per heavy atom. The Bertz CT molecular complexity index is 781.